The number of benzene rings is 1. The maximum atomic E-state index is 13.3. The first-order chi connectivity index (χ1) is 10.4. The average Bonchev–Trinajstić information content (AvgIpc) is 2.45. The fraction of sp³-hybridized carbons (Fsp3) is 0.412. The molecule has 1 heterocycles. The van der Waals surface area contributed by atoms with E-state index in [-0.39, 0.29) is 30.3 Å². The zero-order chi connectivity index (χ0) is 16.3. The van der Waals surface area contributed by atoms with Gasteiger partial charge in [-0.2, -0.15) is 0 Å². The number of aliphatic hydroxyl groups excluding tert-OH is 1. The van der Waals surface area contributed by atoms with Gasteiger partial charge in [-0.3, -0.25) is 9.78 Å². The minimum absolute atomic E-state index is 0.0183. The van der Waals surface area contributed by atoms with Crippen LogP contribution in [0.15, 0.2) is 24.3 Å². The molecule has 0 aliphatic rings. The lowest BCUT2D eigenvalue weighted by Gasteiger charge is -2.22. The Morgan fingerprint density at radius 2 is 2.09 bits per heavy atom. The Kier molecular flexibility index (Phi) is 5.08. The van der Waals surface area contributed by atoms with Crippen LogP contribution in [-0.4, -0.2) is 28.6 Å². The lowest BCUT2D eigenvalue weighted by atomic mass is 10.00. The number of pyridine rings is 1. The number of halogens is 1. The normalized spacial score (nSPS) is 12.6. The average molecular weight is 304 g/mol. The highest BCUT2D eigenvalue weighted by Crippen LogP contribution is 2.20. The Morgan fingerprint density at radius 1 is 1.36 bits per heavy atom. The molecule has 5 heteroatoms. The van der Waals surface area contributed by atoms with Crippen molar-refractivity contribution in [2.45, 2.75) is 33.2 Å². The van der Waals surface area contributed by atoms with E-state index in [1.807, 2.05) is 13.8 Å². The highest BCUT2D eigenvalue weighted by atomic mass is 19.1. The van der Waals surface area contributed by atoms with E-state index < -0.39 is 0 Å². The van der Waals surface area contributed by atoms with E-state index in [4.69, 9.17) is 5.11 Å². The van der Waals surface area contributed by atoms with Gasteiger partial charge in [-0.1, -0.05) is 13.8 Å². The van der Waals surface area contributed by atoms with Gasteiger partial charge in [-0.25, -0.2) is 4.39 Å². The molecule has 1 amide bonds. The number of hydrogen-bond acceptors (Lipinski definition) is 3. The Hall–Kier alpha value is -2.01. The number of nitrogens with one attached hydrogen (secondary N) is 1. The summed E-state index contributed by atoms with van der Waals surface area (Å²) in [4.78, 5) is 16.8. The van der Waals surface area contributed by atoms with Gasteiger partial charge in [0.1, 0.15) is 5.82 Å². The number of aliphatic hydroxyl groups is 1. The maximum absolute atomic E-state index is 13.3. The molecule has 1 atom stereocenters. The Morgan fingerprint density at radius 3 is 2.73 bits per heavy atom. The molecule has 0 saturated heterocycles. The summed E-state index contributed by atoms with van der Waals surface area (Å²) in [6.45, 7) is 5.77. The number of amides is 1. The van der Waals surface area contributed by atoms with Crippen LogP contribution in [0.2, 0.25) is 0 Å². The van der Waals surface area contributed by atoms with Crippen molar-refractivity contribution in [3.8, 4) is 0 Å². The van der Waals surface area contributed by atoms with E-state index in [0.29, 0.717) is 28.6 Å². The van der Waals surface area contributed by atoms with Crippen molar-refractivity contribution in [2.75, 3.05) is 6.61 Å². The smallest absolute Gasteiger partial charge is 0.252 e. The molecular weight excluding hydrogens is 283 g/mol. The first kappa shape index (κ1) is 16.4. The van der Waals surface area contributed by atoms with Crippen molar-refractivity contribution in [1.82, 2.24) is 10.3 Å². The van der Waals surface area contributed by atoms with Crippen molar-refractivity contribution in [3.63, 3.8) is 0 Å². The summed E-state index contributed by atoms with van der Waals surface area (Å²) >= 11 is 0. The molecule has 118 valence electrons. The van der Waals surface area contributed by atoms with E-state index in [9.17, 15) is 9.18 Å². The van der Waals surface area contributed by atoms with Crippen molar-refractivity contribution >= 4 is 16.8 Å². The molecule has 1 aromatic heterocycles. The van der Waals surface area contributed by atoms with Crippen LogP contribution in [0, 0.1) is 18.7 Å². The second-order valence-electron chi connectivity index (χ2n) is 5.81. The molecule has 0 radical (unpaired) electrons. The fourth-order valence-electron chi connectivity index (χ4n) is 2.48. The third-order valence-electron chi connectivity index (χ3n) is 3.71. The Balaban J connectivity index is 2.39. The number of rotatable bonds is 5. The molecule has 1 aromatic carbocycles. The maximum Gasteiger partial charge on any atom is 0.252 e. The molecule has 0 saturated carbocycles. The van der Waals surface area contributed by atoms with Gasteiger partial charge in [0.05, 0.1) is 11.1 Å². The van der Waals surface area contributed by atoms with Gasteiger partial charge in [0.25, 0.3) is 5.91 Å². The molecule has 0 aliphatic heterocycles. The highest BCUT2D eigenvalue weighted by Gasteiger charge is 2.19. The third kappa shape index (κ3) is 3.60. The second kappa shape index (κ2) is 6.83. The van der Waals surface area contributed by atoms with Crippen molar-refractivity contribution in [3.05, 3.63) is 41.3 Å². The molecule has 0 fully saturated rings. The lowest BCUT2D eigenvalue weighted by molar-refractivity contribution is 0.0918. The molecular formula is C17H21FN2O2. The Labute approximate surface area is 129 Å². The predicted molar refractivity (Wildman–Crippen MR) is 84.2 cm³/mol. The van der Waals surface area contributed by atoms with Gasteiger partial charge in [-0.05, 0) is 37.5 Å². The zero-order valence-electron chi connectivity index (χ0n) is 13.1. The van der Waals surface area contributed by atoms with Gasteiger partial charge in [0.2, 0.25) is 0 Å². The van der Waals surface area contributed by atoms with Gasteiger partial charge in [-0.15, -0.1) is 0 Å². The lowest BCUT2D eigenvalue weighted by Crippen LogP contribution is -2.39. The highest BCUT2D eigenvalue weighted by molar-refractivity contribution is 6.06. The minimum Gasteiger partial charge on any atom is -0.396 e. The first-order valence-electron chi connectivity index (χ1n) is 7.41. The fourth-order valence-corrected chi connectivity index (χ4v) is 2.48. The number of carbonyl (C=O) groups is 1. The summed E-state index contributed by atoms with van der Waals surface area (Å²) in [5.41, 5.74) is 1.60. The SMILES string of the molecule is Cc1cc(C(=O)NC(CCO)C(C)C)c2ccc(F)cc2n1. The van der Waals surface area contributed by atoms with Gasteiger partial charge in [0, 0.05) is 29.8 Å². The van der Waals surface area contributed by atoms with Crippen LogP contribution in [0.1, 0.15) is 36.3 Å². The molecule has 0 spiro atoms. The number of nitrogens with zero attached hydrogens (tertiary/aromatic N) is 1. The topological polar surface area (TPSA) is 62.2 Å². The third-order valence-corrected chi connectivity index (χ3v) is 3.71. The molecule has 22 heavy (non-hydrogen) atoms. The zero-order valence-corrected chi connectivity index (χ0v) is 13.1. The molecule has 0 bridgehead atoms. The summed E-state index contributed by atoms with van der Waals surface area (Å²) in [6.07, 6.45) is 0.500. The summed E-state index contributed by atoms with van der Waals surface area (Å²) < 4.78 is 13.3. The minimum atomic E-state index is -0.378. The van der Waals surface area contributed by atoms with Crippen LogP contribution < -0.4 is 5.32 Å². The monoisotopic (exact) mass is 304 g/mol. The van der Waals surface area contributed by atoms with Gasteiger partial charge >= 0.3 is 0 Å². The number of aromatic nitrogens is 1. The molecule has 0 aliphatic carbocycles. The Bertz CT molecular complexity index is 680. The van der Waals surface area contributed by atoms with Crippen LogP contribution in [0.3, 0.4) is 0 Å². The van der Waals surface area contributed by atoms with Crippen LogP contribution in [-0.2, 0) is 0 Å². The van der Waals surface area contributed by atoms with Crippen LogP contribution in [0.25, 0.3) is 10.9 Å². The van der Waals surface area contributed by atoms with Crippen LogP contribution in [0.5, 0.6) is 0 Å². The molecule has 2 N–H and O–H groups in total. The number of hydrogen-bond donors (Lipinski definition) is 2. The predicted octanol–water partition coefficient (Wildman–Crippen LogP) is 2.82. The number of aryl methyl sites for hydroxylation is 1. The van der Waals surface area contributed by atoms with Crippen molar-refractivity contribution < 1.29 is 14.3 Å². The van der Waals surface area contributed by atoms with E-state index in [0.717, 1.165) is 0 Å². The number of carbonyl (C=O) groups excluding carboxylic acids is 1. The summed E-state index contributed by atoms with van der Waals surface area (Å²) in [7, 11) is 0. The molecule has 2 aromatic rings. The van der Waals surface area contributed by atoms with Crippen molar-refractivity contribution in [1.29, 1.82) is 0 Å². The van der Waals surface area contributed by atoms with E-state index in [2.05, 4.69) is 10.3 Å². The summed E-state index contributed by atoms with van der Waals surface area (Å²) in [5, 5.41) is 12.7. The molecule has 1 unspecified atom stereocenters. The van der Waals surface area contributed by atoms with E-state index in [1.54, 1.807) is 19.1 Å². The summed E-state index contributed by atoms with van der Waals surface area (Å²) in [5.74, 6) is -0.394. The standard InChI is InChI=1S/C17H21FN2O2/c1-10(2)15(6-7-21)20-17(22)14-8-11(3)19-16-9-12(18)4-5-13(14)16/h4-5,8-10,15,21H,6-7H2,1-3H3,(H,20,22). The van der Waals surface area contributed by atoms with Crippen LogP contribution >= 0.6 is 0 Å². The van der Waals surface area contributed by atoms with E-state index >= 15 is 0 Å². The largest absolute Gasteiger partial charge is 0.396 e. The van der Waals surface area contributed by atoms with E-state index in [1.165, 1.54) is 12.1 Å². The number of fused-ring (bicyclic) bond motifs is 1. The molecule has 2 rings (SSSR count). The summed E-state index contributed by atoms with van der Waals surface area (Å²) in [6, 6.07) is 5.81. The quantitative estimate of drug-likeness (QED) is 0.893. The van der Waals surface area contributed by atoms with Crippen LogP contribution in [0.4, 0.5) is 4.39 Å². The second-order valence-corrected chi connectivity index (χ2v) is 5.81. The molecule has 4 nitrogen and oxygen atoms in total. The van der Waals surface area contributed by atoms with Gasteiger partial charge < -0.3 is 10.4 Å². The first-order valence-corrected chi connectivity index (χ1v) is 7.41. The van der Waals surface area contributed by atoms with Crippen molar-refractivity contribution in [2.24, 2.45) is 5.92 Å². The van der Waals surface area contributed by atoms with Gasteiger partial charge in [0.15, 0.2) is 0 Å².